The van der Waals surface area contributed by atoms with Crippen LogP contribution in [0, 0.1) is 13.8 Å². The highest BCUT2D eigenvalue weighted by Gasteiger charge is 2.28. The summed E-state index contributed by atoms with van der Waals surface area (Å²) in [7, 11) is 0. The quantitative estimate of drug-likeness (QED) is 0.730. The molecule has 0 aliphatic heterocycles. The van der Waals surface area contributed by atoms with Crippen molar-refractivity contribution in [3.63, 3.8) is 0 Å². The van der Waals surface area contributed by atoms with Gasteiger partial charge < -0.3 is 9.88 Å². The zero-order valence-electron chi connectivity index (χ0n) is 15.3. The second kappa shape index (κ2) is 6.44. The summed E-state index contributed by atoms with van der Waals surface area (Å²) in [5.74, 6) is 1.33. The van der Waals surface area contributed by atoms with E-state index in [1.165, 1.54) is 12.8 Å². The van der Waals surface area contributed by atoms with Crippen LogP contribution < -0.4 is 5.32 Å². The van der Waals surface area contributed by atoms with Crippen LogP contribution in [0.25, 0.3) is 11.4 Å². The second-order valence-corrected chi connectivity index (χ2v) is 6.84. The number of hydrogen-bond acceptors (Lipinski definition) is 3. The van der Waals surface area contributed by atoms with E-state index in [0.29, 0.717) is 11.9 Å². The number of hydrogen-bond donors (Lipinski definition) is 2. The Morgan fingerprint density at radius 3 is 2.77 bits per heavy atom. The lowest BCUT2D eigenvalue weighted by Crippen LogP contribution is -2.14. The Hall–Kier alpha value is -2.89. The highest BCUT2D eigenvalue weighted by Crippen LogP contribution is 2.38. The first-order chi connectivity index (χ1) is 12.6. The average molecular weight is 349 g/mol. The molecule has 1 fully saturated rings. The zero-order valence-corrected chi connectivity index (χ0v) is 15.3. The summed E-state index contributed by atoms with van der Waals surface area (Å²) in [6.07, 6.45) is 3.18. The molecule has 6 nitrogen and oxygen atoms in total. The van der Waals surface area contributed by atoms with E-state index in [1.807, 2.05) is 44.2 Å². The summed E-state index contributed by atoms with van der Waals surface area (Å²) in [5.41, 5.74) is 4.44. The molecule has 1 amide bonds. The van der Waals surface area contributed by atoms with Crippen LogP contribution >= 0.6 is 0 Å². The van der Waals surface area contributed by atoms with Crippen molar-refractivity contribution in [1.29, 1.82) is 0 Å². The molecule has 1 aliphatic rings. The van der Waals surface area contributed by atoms with Crippen molar-refractivity contribution in [2.24, 2.45) is 0 Å². The number of carbonyl (C=O) groups excluding carboxylic acids is 1. The number of nitrogens with zero attached hydrogens (tertiary/aromatic N) is 3. The lowest BCUT2D eigenvalue weighted by molar-refractivity contribution is 0.102. The molecule has 0 atom stereocenters. The fourth-order valence-electron chi connectivity index (χ4n) is 3.45. The Bertz CT molecular complexity index is 964. The van der Waals surface area contributed by atoms with Crippen LogP contribution in [0.3, 0.4) is 0 Å². The van der Waals surface area contributed by atoms with Gasteiger partial charge in [-0.3, -0.25) is 9.89 Å². The van der Waals surface area contributed by atoms with Crippen LogP contribution in [-0.2, 0) is 6.42 Å². The van der Waals surface area contributed by atoms with Gasteiger partial charge in [0.15, 0.2) is 5.82 Å². The smallest absolute Gasteiger partial charge is 0.257 e. The molecule has 0 radical (unpaired) electrons. The number of aryl methyl sites for hydroxylation is 2. The van der Waals surface area contributed by atoms with Crippen molar-refractivity contribution in [1.82, 2.24) is 19.7 Å². The predicted molar refractivity (Wildman–Crippen MR) is 101 cm³/mol. The first-order valence-electron chi connectivity index (χ1n) is 9.09. The standard InChI is InChI=1S/C20H23N5O/c1-4-18-22-19(24-23-18)15-7-5-6-8-17(15)21-20(26)16-11-12(2)25(13(16)3)14-9-10-14/h5-8,11,14H,4,9-10H2,1-3H3,(H,21,26)(H,22,23,24). The van der Waals surface area contributed by atoms with Gasteiger partial charge in [-0.05, 0) is 44.9 Å². The van der Waals surface area contributed by atoms with E-state index < -0.39 is 0 Å². The fraction of sp³-hybridized carbons (Fsp3) is 0.350. The Kier molecular flexibility index (Phi) is 4.11. The topological polar surface area (TPSA) is 75.6 Å². The summed E-state index contributed by atoms with van der Waals surface area (Å²) in [6.45, 7) is 6.11. The molecular formula is C20H23N5O. The molecule has 134 valence electrons. The number of H-pyrrole nitrogens is 1. The average Bonchev–Trinajstić information content (AvgIpc) is 3.26. The molecular weight excluding hydrogens is 326 g/mol. The van der Waals surface area contributed by atoms with E-state index in [-0.39, 0.29) is 5.91 Å². The Morgan fingerprint density at radius 2 is 2.08 bits per heavy atom. The van der Waals surface area contributed by atoms with E-state index in [0.717, 1.165) is 40.4 Å². The highest BCUT2D eigenvalue weighted by atomic mass is 16.1. The summed E-state index contributed by atoms with van der Waals surface area (Å²) >= 11 is 0. The number of benzene rings is 1. The maximum atomic E-state index is 12.9. The molecule has 1 saturated carbocycles. The maximum absolute atomic E-state index is 12.9. The van der Waals surface area contributed by atoms with Crippen molar-refractivity contribution >= 4 is 11.6 Å². The normalized spacial score (nSPS) is 13.8. The Morgan fingerprint density at radius 1 is 1.31 bits per heavy atom. The van der Waals surface area contributed by atoms with Crippen molar-refractivity contribution < 1.29 is 4.79 Å². The van der Waals surface area contributed by atoms with Gasteiger partial charge in [0.1, 0.15) is 5.82 Å². The molecule has 1 aromatic carbocycles. The van der Waals surface area contributed by atoms with Gasteiger partial charge in [-0.15, -0.1) is 0 Å². The van der Waals surface area contributed by atoms with Crippen LogP contribution in [0.4, 0.5) is 5.69 Å². The minimum absolute atomic E-state index is 0.0938. The van der Waals surface area contributed by atoms with E-state index in [2.05, 4.69) is 32.0 Å². The van der Waals surface area contributed by atoms with Gasteiger partial charge in [0.25, 0.3) is 5.91 Å². The van der Waals surface area contributed by atoms with Crippen LogP contribution in [0.1, 0.15) is 53.4 Å². The molecule has 0 unspecified atom stereocenters. The SMILES string of the molecule is CCc1nc(-c2ccccc2NC(=O)c2cc(C)n(C3CC3)c2C)n[nH]1. The fourth-order valence-corrected chi connectivity index (χ4v) is 3.45. The van der Waals surface area contributed by atoms with Gasteiger partial charge in [0, 0.05) is 29.4 Å². The molecule has 2 aromatic heterocycles. The third-order valence-corrected chi connectivity index (χ3v) is 4.92. The number of aromatic nitrogens is 4. The number of rotatable bonds is 5. The van der Waals surface area contributed by atoms with E-state index in [4.69, 9.17) is 0 Å². The molecule has 2 heterocycles. The first-order valence-corrected chi connectivity index (χ1v) is 9.09. The van der Waals surface area contributed by atoms with Crippen molar-refractivity contribution in [2.45, 2.75) is 46.1 Å². The predicted octanol–water partition coefficient (Wildman–Crippen LogP) is 4.04. The monoisotopic (exact) mass is 349 g/mol. The summed E-state index contributed by atoms with van der Waals surface area (Å²) < 4.78 is 2.28. The third-order valence-electron chi connectivity index (χ3n) is 4.92. The summed E-state index contributed by atoms with van der Waals surface area (Å²) in [6, 6.07) is 10.2. The third kappa shape index (κ3) is 2.92. The molecule has 0 spiro atoms. The highest BCUT2D eigenvalue weighted by molar-refractivity contribution is 6.07. The molecule has 26 heavy (non-hydrogen) atoms. The zero-order chi connectivity index (χ0) is 18.3. The van der Waals surface area contributed by atoms with Gasteiger partial charge >= 0.3 is 0 Å². The second-order valence-electron chi connectivity index (χ2n) is 6.84. The van der Waals surface area contributed by atoms with Crippen LogP contribution in [0.5, 0.6) is 0 Å². The summed E-state index contributed by atoms with van der Waals surface area (Å²) in [5, 5.41) is 10.2. The number of para-hydroxylation sites is 1. The number of nitrogens with one attached hydrogen (secondary N) is 2. The minimum Gasteiger partial charge on any atom is -0.345 e. The molecule has 0 saturated heterocycles. The van der Waals surface area contributed by atoms with Crippen LogP contribution in [0.15, 0.2) is 30.3 Å². The van der Waals surface area contributed by atoms with E-state index >= 15 is 0 Å². The molecule has 4 rings (SSSR count). The number of carbonyl (C=O) groups is 1. The lowest BCUT2D eigenvalue weighted by Gasteiger charge is -2.10. The Balaban J connectivity index is 1.64. The van der Waals surface area contributed by atoms with E-state index in [1.54, 1.807) is 0 Å². The molecule has 1 aliphatic carbocycles. The number of amides is 1. The van der Waals surface area contributed by atoms with Gasteiger partial charge in [0.2, 0.25) is 0 Å². The molecule has 0 bridgehead atoms. The Labute approximate surface area is 152 Å². The lowest BCUT2D eigenvalue weighted by atomic mass is 10.1. The molecule has 2 N–H and O–H groups in total. The minimum atomic E-state index is -0.0938. The van der Waals surface area contributed by atoms with Gasteiger partial charge in [-0.2, -0.15) is 5.10 Å². The van der Waals surface area contributed by atoms with Crippen LogP contribution in [-0.4, -0.2) is 25.7 Å². The molecule has 6 heteroatoms. The molecule has 3 aromatic rings. The van der Waals surface area contributed by atoms with Crippen LogP contribution in [0.2, 0.25) is 0 Å². The van der Waals surface area contributed by atoms with E-state index in [9.17, 15) is 4.79 Å². The van der Waals surface area contributed by atoms with Gasteiger partial charge in [-0.1, -0.05) is 19.1 Å². The largest absolute Gasteiger partial charge is 0.345 e. The summed E-state index contributed by atoms with van der Waals surface area (Å²) in [4.78, 5) is 17.4. The van der Waals surface area contributed by atoms with Gasteiger partial charge in [-0.25, -0.2) is 4.98 Å². The van der Waals surface area contributed by atoms with Crippen molar-refractivity contribution in [3.8, 4) is 11.4 Å². The maximum Gasteiger partial charge on any atom is 0.257 e. The number of anilines is 1. The van der Waals surface area contributed by atoms with Crippen molar-refractivity contribution in [2.75, 3.05) is 5.32 Å². The van der Waals surface area contributed by atoms with Crippen molar-refractivity contribution in [3.05, 3.63) is 53.1 Å². The first kappa shape index (κ1) is 16.6. The van der Waals surface area contributed by atoms with Gasteiger partial charge in [0.05, 0.1) is 11.3 Å². The number of aromatic amines is 1.